The maximum Gasteiger partial charge on any atom is 0.103 e. The summed E-state index contributed by atoms with van der Waals surface area (Å²) in [5.41, 5.74) is 1.28. The average Bonchev–Trinajstić information content (AvgIpc) is 2.83. The van der Waals surface area contributed by atoms with Gasteiger partial charge in [-0.05, 0) is 36.8 Å². The van der Waals surface area contributed by atoms with Gasteiger partial charge < -0.3 is 10.4 Å². The lowest BCUT2D eigenvalue weighted by Gasteiger charge is -2.19. The van der Waals surface area contributed by atoms with Gasteiger partial charge in [0, 0.05) is 13.2 Å². The Kier molecular flexibility index (Phi) is 4.46. The Morgan fingerprint density at radius 2 is 2.17 bits per heavy atom. The van der Waals surface area contributed by atoms with Crippen LogP contribution in [0.5, 0.6) is 0 Å². The van der Waals surface area contributed by atoms with Gasteiger partial charge in [-0.25, -0.2) is 0 Å². The van der Waals surface area contributed by atoms with Gasteiger partial charge in [0.1, 0.15) is 6.07 Å². The summed E-state index contributed by atoms with van der Waals surface area (Å²) < 4.78 is 0. The first-order chi connectivity index (χ1) is 8.76. The Bertz CT molecular complexity index is 456. The van der Waals surface area contributed by atoms with Crippen LogP contribution in [0.25, 0.3) is 0 Å². The highest BCUT2D eigenvalue weighted by atomic mass is 35.5. The molecule has 0 spiro atoms. The monoisotopic (exact) mass is 264 g/mol. The fraction of sp³-hybridized carbons (Fsp3) is 0.500. The first kappa shape index (κ1) is 13.2. The summed E-state index contributed by atoms with van der Waals surface area (Å²) in [7, 11) is 0. The zero-order valence-electron chi connectivity index (χ0n) is 10.2. The summed E-state index contributed by atoms with van der Waals surface area (Å²) in [6.45, 7) is 1.05. The van der Waals surface area contributed by atoms with E-state index >= 15 is 0 Å². The van der Waals surface area contributed by atoms with Crippen molar-refractivity contribution in [2.75, 3.05) is 18.5 Å². The number of nitrogens with zero attached hydrogens (tertiary/aromatic N) is 1. The molecular formula is C14H17ClN2O. The van der Waals surface area contributed by atoms with E-state index < -0.39 is 0 Å². The number of halogens is 1. The molecule has 1 aromatic carbocycles. The molecule has 2 unspecified atom stereocenters. The lowest BCUT2D eigenvalue weighted by Crippen LogP contribution is -2.21. The second kappa shape index (κ2) is 6.08. The van der Waals surface area contributed by atoms with Crippen molar-refractivity contribution in [2.24, 2.45) is 11.8 Å². The zero-order chi connectivity index (χ0) is 13.0. The molecule has 0 bridgehead atoms. The molecule has 0 aliphatic heterocycles. The van der Waals surface area contributed by atoms with Crippen molar-refractivity contribution in [1.82, 2.24) is 0 Å². The number of hydrogen-bond acceptors (Lipinski definition) is 3. The third-order valence-electron chi connectivity index (χ3n) is 3.73. The van der Waals surface area contributed by atoms with Gasteiger partial charge in [0.2, 0.25) is 0 Å². The van der Waals surface area contributed by atoms with Crippen molar-refractivity contribution in [3.63, 3.8) is 0 Å². The fourth-order valence-corrected chi connectivity index (χ4v) is 2.87. The predicted molar refractivity (Wildman–Crippen MR) is 72.6 cm³/mol. The van der Waals surface area contributed by atoms with Gasteiger partial charge in [-0.15, -0.1) is 0 Å². The Morgan fingerprint density at radius 1 is 1.39 bits per heavy atom. The van der Waals surface area contributed by atoms with Crippen molar-refractivity contribution in [2.45, 2.75) is 19.3 Å². The number of nitriles is 1. The Hall–Kier alpha value is -1.24. The average molecular weight is 265 g/mol. The van der Waals surface area contributed by atoms with E-state index in [0.29, 0.717) is 22.4 Å². The standard InChI is InChI=1S/C14H17ClN2O/c15-13-5-2-6-14(12(13)7-16)17-8-10-3-1-4-11(10)9-18/h2,5-6,10-11,17-18H,1,3-4,8-9H2. The number of benzene rings is 1. The van der Waals surface area contributed by atoms with Crippen LogP contribution in [-0.4, -0.2) is 18.3 Å². The molecule has 4 heteroatoms. The van der Waals surface area contributed by atoms with Gasteiger partial charge in [-0.3, -0.25) is 0 Å². The third kappa shape index (κ3) is 2.77. The molecule has 1 saturated carbocycles. The van der Waals surface area contributed by atoms with Crippen LogP contribution in [0.4, 0.5) is 5.69 Å². The van der Waals surface area contributed by atoms with E-state index in [-0.39, 0.29) is 6.61 Å². The molecular weight excluding hydrogens is 248 g/mol. The molecule has 0 heterocycles. The van der Waals surface area contributed by atoms with Gasteiger partial charge in [-0.1, -0.05) is 24.1 Å². The minimum atomic E-state index is 0.257. The van der Waals surface area contributed by atoms with Gasteiger partial charge >= 0.3 is 0 Å². The summed E-state index contributed by atoms with van der Waals surface area (Å²) in [6, 6.07) is 7.55. The Balaban J connectivity index is 2.02. The molecule has 2 N–H and O–H groups in total. The molecule has 1 aliphatic carbocycles. The molecule has 3 nitrogen and oxygen atoms in total. The van der Waals surface area contributed by atoms with Crippen LogP contribution in [-0.2, 0) is 0 Å². The second-order valence-corrected chi connectivity index (χ2v) is 5.20. The summed E-state index contributed by atoms with van der Waals surface area (Å²) >= 11 is 5.98. The van der Waals surface area contributed by atoms with E-state index in [4.69, 9.17) is 16.9 Å². The van der Waals surface area contributed by atoms with E-state index in [2.05, 4.69) is 11.4 Å². The topological polar surface area (TPSA) is 56.0 Å². The maximum atomic E-state index is 9.28. The van der Waals surface area contributed by atoms with Crippen LogP contribution in [0.1, 0.15) is 24.8 Å². The molecule has 2 rings (SSSR count). The van der Waals surface area contributed by atoms with Crippen LogP contribution in [0.3, 0.4) is 0 Å². The van der Waals surface area contributed by atoms with Crippen LogP contribution in [0.2, 0.25) is 5.02 Å². The van der Waals surface area contributed by atoms with E-state index in [1.807, 2.05) is 12.1 Å². The number of nitrogens with one attached hydrogen (secondary N) is 1. The highest BCUT2D eigenvalue weighted by Crippen LogP contribution is 2.32. The minimum absolute atomic E-state index is 0.257. The number of aliphatic hydroxyl groups is 1. The van der Waals surface area contributed by atoms with Gasteiger partial charge in [0.25, 0.3) is 0 Å². The maximum absolute atomic E-state index is 9.28. The zero-order valence-corrected chi connectivity index (χ0v) is 11.0. The lowest BCUT2D eigenvalue weighted by molar-refractivity contribution is 0.199. The van der Waals surface area contributed by atoms with Crippen LogP contribution < -0.4 is 5.32 Å². The van der Waals surface area contributed by atoms with Crippen LogP contribution in [0.15, 0.2) is 18.2 Å². The van der Waals surface area contributed by atoms with Gasteiger partial charge in [-0.2, -0.15) is 5.26 Å². The molecule has 1 aromatic rings. The van der Waals surface area contributed by atoms with E-state index in [1.165, 1.54) is 6.42 Å². The first-order valence-corrected chi connectivity index (χ1v) is 6.67. The summed E-state index contributed by atoms with van der Waals surface area (Å²) in [4.78, 5) is 0. The molecule has 0 radical (unpaired) electrons. The van der Waals surface area contributed by atoms with E-state index in [9.17, 15) is 5.11 Å². The molecule has 0 aromatic heterocycles. The molecule has 2 atom stereocenters. The minimum Gasteiger partial charge on any atom is -0.396 e. The number of aliphatic hydroxyl groups excluding tert-OH is 1. The van der Waals surface area contributed by atoms with Crippen LogP contribution >= 0.6 is 11.6 Å². The first-order valence-electron chi connectivity index (χ1n) is 6.29. The van der Waals surface area contributed by atoms with Crippen molar-refractivity contribution in [3.8, 4) is 6.07 Å². The SMILES string of the molecule is N#Cc1c(Cl)cccc1NCC1CCCC1CO. The summed E-state index contributed by atoms with van der Waals surface area (Å²) in [5.74, 6) is 0.878. The normalized spacial score (nSPS) is 22.7. The Labute approximate surface area is 112 Å². The van der Waals surface area contributed by atoms with Crippen molar-refractivity contribution < 1.29 is 5.11 Å². The molecule has 0 saturated heterocycles. The molecule has 96 valence electrons. The highest BCUT2D eigenvalue weighted by Gasteiger charge is 2.26. The third-order valence-corrected chi connectivity index (χ3v) is 4.05. The molecule has 18 heavy (non-hydrogen) atoms. The number of hydrogen-bond donors (Lipinski definition) is 2. The number of anilines is 1. The van der Waals surface area contributed by atoms with Gasteiger partial charge in [0.05, 0.1) is 16.3 Å². The molecule has 1 fully saturated rings. The van der Waals surface area contributed by atoms with Crippen molar-refractivity contribution >= 4 is 17.3 Å². The van der Waals surface area contributed by atoms with E-state index in [1.54, 1.807) is 6.07 Å². The Morgan fingerprint density at radius 3 is 2.89 bits per heavy atom. The predicted octanol–water partition coefficient (Wildman–Crippen LogP) is 3.03. The molecule has 1 aliphatic rings. The second-order valence-electron chi connectivity index (χ2n) is 4.79. The largest absolute Gasteiger partial charge is 0.396 e. The van der Waals surface area contributed by atoms with Crippen molar-refractivity contribution in [1.29, 1.82) is 5.26 Å². The smallest absolute Gasteiger partial charge is 0.103 e. The number of rotatable bonds is 4. The molecule has 0 amide bonds. The lowest BCUT2D eigenvalue weighted by atomic mass is 9.97. The van der Waals surface area contributed by atoms with Crippen molar-refractivity contribution in [3.05, 3.63) is 28.8 Å². The fourth-order valence-electron chi connectivity index (χ4n) is 2.65. The highest BCUT2D eigenvalue weighted by molar-refractivity contribution is 6.32. The summed E-state index contributed by atoms with van der Waals surface area (Å²) in [5, 5.41) is 22.1. The van der Waals surface area contributed by atoms with Gasteiger partial charge in [0.15, 0.2) is 0 Å². The van der Waals surface area contributed by atoms with E-state index in [0.717, 1.165) is 25.1 Å². The summed E-state index contributed by atoms with van der Waals surface area (Å²) in [6.07, 6.45) is 3.42. The quantitative estimate of drug-likeness (QED) is 0.879. The van der Waals surface area contributed by atoms with Crippen LogP contribution in [0, 0.1) is 23.2 Å².